The van der Waals surface area contributed by atoms with Crippen LogP contribution in [0.1, 0.15) is 0 Å². The lowest BCUT2D eigenvalue weighted by Gasteiger charge is -1.64. The number of carboxylic acids is 1. The second-order valence-electron chi connectivity index (χ2n) is 0.542. The summed E-state index contributed by atoms with van der Waals surface area (Å²) in [5.74, 6) is -0.981. The highest BCUT2D eigenvalue weighted by atomic mass is 32.1. The Bertz CT molecular complexity index is 59.8. The van der Waals surface area contributed by atoms with E-state index < -0.39 is 5.97 Å². The highest BCUT2D eigenvalue weighted by molar-refractivity contribution is 7.59. The monoisotopic (exact) mass is 106 g/mol. The third-order valence-electron chi connectivity index (χ3n) is 0.175. The van der Waals surface area contributed by atoms with E-state index in [1.54, 1.807) is 0 Å². The summed E-state index contributed by atoms with van der Waals surface area (Å²) in [6.45, 7) is 2.96. The Morgan fingerprint density at radius 3 is 2.00 bits per heavy atom. The molecule has 3 heteroatoms. The first-order valence-electron chi connectivity index (χ1n) is 1.12. The van der Waals surface area contributed by atoms with Gasteiger partial charge in [0.25, 0.3) is 0 Å². The van der Waals surface area contributed by atoms with Gasteiger partial charge >= 0.3 is 5.97 Å². The van der Waals surface area contributed by atoms with Crippen LogP contribution in [0.3, 0.4) is 0 Å². The van der Waals surface area contributed by atoms with Crippen molar-refractivity contribution in [3.05, 3.63) is 12.7 Å². The number of hydrogen-bond donors (Lipinski definition) is 1. The molecule has 0 fully saturated rings. The third kappa shape index (κ3) is 9.59. The molecule has 0 aliphatic carbocycles. The zero-order valence-electron chi connectivity index (χ0n) is 3.14. The van der Waals surface area contributed by atoms with Crippen molar-refractivity contribution in [2.24, 2.45) is 0 Å². The summed E-state index contributed by atoms with van der Waals surface area (Å²) >= 11 is 0. The molecule has 0 amide bonds. The summed E-state index contributed by atoms with van der Waals surface area (Å²) in [7, 11) is 0. The minimum absolute atomic E-state index is 0. The maximum absolute atomic E-state index is 9.25. The maximum atomic E-state index is 9.25. The number of aliphatic carboxylic acids is 1. The van der Waals surface area contributed by atoms with Crippen molar-refractivity contribution in [2.75, 3.05) is 0 Å². The van der Waals surface area contributed by atoms with Crippen LogP contribution in [0.15, 0.2) is 12.7 Å². The summed E-state index contributed by atoms with van der Waals surface area (Å²) in [5, 5.41) is 7.60. The van der Waals surface area contributed by atoms with Crippen LogP contribution in [-0.4, -0.2) is 11.1 Å². The Morgan fingerprint density at radius 1 is 1.83 bits per heavy atom. The number of rotatable bonds is 1. The Labute approximate surface area is 42.9 Å². The fourth-order valence-electron chi connectivity index (χ4n) is 0. The average molecular weight is 106 g/mol. The standard InChI is InChI=1S/C3H4O2.H2S/c1-2-3(4)5;/h2H,1H2,(H,4,5);1H2. The first kappa shape index (κ1) is 9.12. The molecule has 0 spiro atoms. The fourth-order valence-corrected chi connectivity index (χ4v) is 0. The molecule has 36 valence electrons. The van der Waals surface area contributed by atoms with Crippen molar-refractivity contribution >= 4 is 19.5 Å². The van der Waals surface area contributed by atoms with E-state index in [-0.39, 0.29) is 13.5 Å². The predicted octanol–water partition coefficient (Wildman–Crippen LogP) is 0.370. The van der Waals surface area contributed by atoms with Crippen LogP contribution in [-0.2, 0) is 4.79 Å². The lowest BCUT2D eigenvalue weighted by atomic mass is 10.7. The van der Waals surface area contributed by atoms with Crippen molar-refractivity contribution in [2.45, 2.75) is 0 Å². The number of carboxylic acid groups (broad SMARTS) is 1. The van der Waals surface area contributed by atoms with Gasteiger partial charge in [-0.05, 0) is 0 Å². The third-order valence-corrected chi connectivity index (χ3v) is 0.175. The summed E-state index contributed by atoms with van der Waals surface area (Å²) in [6.07, 6.45) is 0.833. The van der Waals surface area contributed by atoms with Gasteiger partial charge in [-0.2, -0.15) is 13.5 Å². The van der Waals surface area contributed by atoms with Crippen LogP contribution in [0.2, 0.25) is 0 Å². The lowest BCUT2D eigenvalue weighted by molar-refractivity contribution is -0.131. The number of hydrogen-bond acceptors (Lipinski definition) is 1. The van der Waals surface area contributed by atoms with E-state index in [1.165, 1.54) is 0 Å². The molecule has 0 rings (SSSR count). The lowest BCUT2D eigenvalue weighted by Crippen LogP contribution is -1.82. The molecular formula is C3H6O2S. The molecule has 0 aliphatic heterocycles. The molecule has 0 saturated carbocycles. The molecule has 0 heterocycles. The van der Waals surface area contributed by atoms with Crippen LogP contribution in [0.25, 0.3) is 0 Å². The maximum Gasteiger partial charge on any atom is 0.327 e. The van der Waals surface area contributed by atoms with Crippen LogP contribution in [0, 0.1) is 0 Å². The van der Waals surface area contributed by atoms with E-state index in [4.69, 9.17) is 5.11 Å². The van der Waals surface area contributed by atoms with E-state index in [0.717, 1.165) is 6.08 Å². The van der Waals surface area contributed by atoms with Gasteiger partial charge < -0.3 is 5.11 Å². The highest BCUT2D eigenvalue weighted by Crippen LogP contribution is 1.54. The average Bonchev–Trinajstić information content (AvgIpc) is 1.38. The molecule has 0 saturated heterocycles. The zero-order valence-corrected chi connectivity index (χ0v) is 4.14. The molecule has 0 aliphatic rings. The minimum atomic E-state index is -0.981. The summed E-state index contributed by atoms with van der Waals surface area (Å²) in [4.78, 5) is 9.25. The SMILES string of the molecule is C=CC(=O)O.S. The normalized spacial score (nSPS) is 5.33. The molecule has 0 aromatic heterocycles. The Hall–Kier alpha value is -0.440. The first-order chi connectivity index (χ1) is 2.27. The largest absolute Gasteiger partial charge is 0.478 e. The van der Waals surface area contributed by atoms with Gasteiger partial charge in [0.05, 0.1) is 0 Å². The predicted molar refractivity (Wildman–Crippen MR) is 28.2 cm³/mol. The molecule has 0 aromatic carbocycles. The molecule has 6 heavy (non-hydrogen) atoms. The fraction of sp³-hybridized carbons (Fsp3) is 0. The minimum Gasteiger partial charge on any atom is -0.478 e. The van der Waals surface area contributed by atoms with Gasteiger partial charge in [-0.3, -0.25) is 0 Å². The van der Waals surface area contributed by atoms with Crippen molar-refractivity contribution < 1.29 is 9.90 Å². The van der Waals surface area contributed by atoms with Crippen LogP contribution >= 0.6 is 13.5 Å². The van der Waals surface area contributed by atoms with E-state index in [9.17, 15) is 4.79 Å². The van der Waals surface area contributed by atoms with Gasteiger partial charge in [-0.25, -0.2) is 4.79 Å². The Balaban J connectivity index is 0. The molecule has 0 aromatic rings. The van der Waals surface area contributed by atoms with Gasteiger partial charge in [0.1, 0.15) is 0 Å². The molecule has 0 bridgehead atoms. The van der Waals surface area contributed by atoms with Crippen LogP contribution in [0.5, 0.6) is 0 Å². The molecule has 2 nitrogen and oxygen atoms in total. The first-order valence-corrected chi connectivity index (χ1v) is 1.12. The summed E-state index contributed by atoms with van der Waals surface area (Å²) < 4.78 is 0. The van der Waals surface area contributed by atoms with Gasteiger partial charge in [-0.15, -0.1) is 0 Å². The van der Waals surface area contributed by atoms with Crippen molar-refractivity contribution in [3.8, 4) is 0 Å². The Morgan fingerprint density at radius 2 is 2.00 bits per heavy atom. The van der Waals surface area contributed by atoms with Crippen molar-refractivity contribution in [1.82, 2.24) is 0 Å². The van der Waals surface area contributed by atoms with Crippen LogP contribution < -0.4 is 0 Å². The van der Waals surface area contributed by atoms with E-state index in [0.29, 0.717) is 0 Å². The van der Waals surface area contributed by atoms with Gasteiger partial charge in [-0.1, -0.05) is 6.58 Å². The smallest absolute Gasteiger partial charge is 0.327 e. The summed E-state index contributed by atoms with van der Waals surface area (Å²) in [5.41, 5.74) is 0. The van der Waals surface area contributed by atoms with E-state index in [1.807, 2.05) is 0 Å². The second kappa shape index (κ2) is 4.56. The van der Waals surface area contributed by atoms with Gasteiger partial charge in [0.15, 0.2) is 0 Å². The van der Waals surface area contributed by atoms with Gasteiger partial charge in [0, 0.05) is 6.08 Å². The number of carbonyl (C=O) groups is 1. The second-order valence-corrected chi connectivity index (χ2v) is 0.542. The zero-order chi connectivity index (χ0) is 4.28. The Kier molecular flexibility index (Phi) is 6.93. The molecule has 1 N–H and O–H groups in total. The van der Waals surface area contributed by atoms with Gasteiger partial charge in [0.2, 0.25) is 0 Å². The molecular weight excluding hydrogens is 100 g/mol. The van der Waals surface area contributed by atoms with Crippen molar-refractivity contribution in [3.63, 3.8) is 0 Å². The van der Waals surface area contributed by atoms with E-state index in [2.05, 4.69) is 6.58 Å². The molecule has 0 atom stereocenters. The van der Waals surface area contributed by atoms with Crippen molar-refractivity contribution in [1.29, 1.82) is 0 Å². The molecule has 0 radical (unpaired) electrons. The van der Waals surface area contributed by atoms with E-state index >= 15 is 0 Å². The topological polar surface area (TPSA) is 37.3 Å². The molecule has 0 unspecified atom stereocenters. The quantitative estimate of drug-likeness (QED) is 0.490. The van der Waals surface area contributed by atoms with Crippen LogP contribution in [0.4, 0.5) is 0 Å². The highest BCUT2D eigenvalue weighted by Gasteiger charge is 1.73. The summed E-state index contributed by atoms with van der Waals surface area (Å²) in [6, 6.07) is 0.